The molecule has 1 aromatic carbocycles. The van der Waals surface area contributed by atoms with E-state index in [1.165, 1.54) is 0 Å². The molecule has 0 bridgehead atoms. The van der Waals surface area contributed by atoms with Gasteiger partial charge in [-0.1, -0.05) is 35.3 Å². The highest BCUT2D eigenvalue weighted by atomic mass is 35.5. The van der Waals surface area contributed by atoms with Crippen molar-refractivity contribution in [3.05, 3.63) is 62.9 Å². The number of carbonyl (C=O) groups is 1. The van der Waals surface area contributed by atoms with E-state index in [4.69, 9.17) is 23.2 Å². The van der Waals surface area contributed by atoms with Gasteiger partial charge in [0.15, 0.2) is 5.78 Å². The minimum Gasteiger partial charge on any atom is -0.292 e. The molecule has 0 fully saturated rings. The summed E-state index contributed by atoms with van der Waals surface area (Å²) in [6.07, 6.45) is 1.85. The van der Waals surface area contributed by atoms with Crippen molar-refractivity contribution in [2.75, 3.05) is 0 Å². The standard InChI is InChI=1S/C15H13Cl2NO/c1-9-6-10(2)15(18-8-9)14(19)7-11-12(16)4-3-5-13(11)17/h3-6,8H,7H2,1-2H3. The van der Waals surface area contributed by atoms with Gasteiger partial charge in [-0.3, -0.25) is 9.78 Å². The Morgan fingerprint density at radius 1 is 1.21 bits per heavy atom. The molecule has 0 aliphatic heterocycles. The summed E-state index contributed by atoms with van der Waals surface area (Å²) < 4.78 is 0. The number of hydrogen-bond acceptors (Lipinski definition) is 2. The highest BCUT2D eigenvalue weighted by Crippen LogP contribution is 2.25. The van der Waals surface area contributed by atoms with Crippen molar-refractivity contribution in [3.63, 3.8) is 0 Å². The van der Waals surface area contributed by atoms with Gasteiger partial charge in [-0.2, -0.15) is 0 Å². The normalized spacial score (nSPS) is 10.5. The second-order valence-electron chi connectivity index (χ2n) is 4.48. The number of hydrogen-bond donors (Lipinski definition) is 0. The van der Waals surface area contributed by atoms with E-state index < -0.39 is 0 Å². The van der Waals surface area contributed by atoms with Crippen LogP contribution in [0.4, 0.5) is 0 Å². The van der Waals surface area contributed by atoms with Gasteiger partial charge in [-0.15, -0.1) is 0 Å². The Hall–Kier alpha value is -1.38. The Kier molecular flexibility index (Phi) is 4.23. The monoisotopic (exact) mass is 293 g/mol. The number of rotatable bonds is 3. The first kappa shape index (κ1) is 14.0. The molecular weight excluding hydrogens is 281 g/mol. The molecule has 1 aromatic heterocycles. The highest BCUT2D eigenvalue weighted by molar-refractivity contribution is 6.36. The van der Waals surface area contributed by atoms with Crippen molar-refractivity contribution in [1.29, 1.82) is 0 Å². The van der Waals surface area contributed by atoms with Gasteiger partial charge >= 0.3 is 0 Å². The van der Waals surface area contributed by atoms with Gasteiger partial charge in [-0.05, 0) is 42.7 Å². The van der Waals surface area contributed by atoms with Gasteiger partial charge < -0.3 is 0 Å². The summed E-state index contributed by atoms with van der Waals surface area (Å²) >= 11 is 12.1. The molecule has 0 saturated carbocycles. The van der Waals surface area contributed by atoms with E-state index in [0.717, 1.165) is 11.1 Å². The van der Waals surface area contributed by atoms with Gasteiger partial charge in [0.2, 0.25) is 0 Å². The topological polar surface area (TPSA) is 30.0 Å². The third-order valence-electron chi connectivity index (χ3n) is 2.88. The van der Waals surface area contributed by atoms with Crippen LogP contribution in [0.1, 0.15) is 27.2 Å². The van der Waals surface area contributed by atoms with E-state index in [1.807, 2.05) is 19.9 Å². The van der Waals surface area contributed by atoms with Crippen LogP contribution >= 0.6 is 23.2 Å². The predicted octanol–water partition coefficient (Wildman–Crippen LogP) is 4.43. The fourth-order valence-electron chi connectivity index (χ4n) is 1.95. The first-order valence-electron chi connectivity index (χ1n) is 5.88. The van der Waals surface area contributed by atoms with Crippen molar-refractivity contribution >= 4 is 29.0 Å². The van der Waals surface area contributed by atoms with Crippen LogP contribution in [0, 0.1) is 13.8 Å². The van der Waals surface area contributed by atoms with Crippen LogP contribution in [0.15, 0.2) is 30.5 Å². The molecule has 19 heavy (non-hydrogen) atoms. The second kappa shape index (κ2) is 5.72. The van der Waals surface area contributed by atoms with Crippen molar-refractivity contribution < 1.29 is 4.79 Å². The molecule has 0 aliphatic carbocycles. The van der Waals surface area contributed by atoms with Gasteiger partial charge in [0.05, 0.1) is 0 Å². The first-order chi connectivity index (χ1) is 8.99. The number of aryl methyl sites for hydroxylation is 2. The molecule has 2 rings (SSSR count). The lowest BCUT2D eigenvalue weighted by atomic mass is 10.0. The number of carbonyl (C=O) groups excluding carboxylic acids is 1. The lowest BCUT2D eigenvalue weighted by Gasteiger charge is -2.08. The zero-order chi connectivity index (χ0) is 14.0. The van der Waals surface area contributed by atoms with Crippen molar-refractivity contribution in [2.45, 2.75) is 20.3 Å². The fraction of sp³-hybridized carbons (Fsp3) is 0.200. The van der Waals surface area contributed by atoms with Crippen LogP contribution in [0.5, 0.6) is 0 Å². The largest absolute Gasteiger partial charge is 0.292 e. The van der Waals surface area contributed by atoms with E-state index in [9.17, 15) is 4.79 Å². The van der Waals surface area contributed by atoms with E-state index >= 15 is 0 Å². The predicted molar refractivity (Wildman–Crippen MR) is 78.2 cm³/mol. The molecule has 98 valence electrons. The third-order valence-corrected chi connectivity index (χ3v) is 3.59. The summed E-state index contributed by atoms with van der Waals surface area (Å²) in [7, 11) is 0. The molecule has 0 radical (unpaired) electrons. The molecule has 0 spiro atoms. The lowest BCUT2D eigenvalue weighted by Crippen LogP contribution is -2.09. The number of Topliss-reactive ketones (excluding diaryl/α,β-unsaturated/α-hetero) is 1. The van der Waals surface area contributed by atoms with Gasteiger partial charge in [-0.25, -0.2) is 0 Å². The molecule has 4 heteroatoms. The van der Waals surface area contributed by atoms with E-state index in [-0.39, 0.29) is 12.2 Å². The summed E-state index contributed by atoms with van der Waals surface area (Å²) in [6.45, 7) is 3.82. The van der Waals surface area contributed by atoms with E-state index in [1.54, 1.807) is 24.4 Å². The van der Waals surface area contributed by atoms with E-state index in [0.29, 0.717) is 21.3 Å². The zero-order valence-corrected chi connectivity index (χ0v) is 12.2. The zero-order valence-electron chi connectivity index (χ0n) is 10.7. The van der Waals surface area contributed by atoms with Crippen LogP contribution < -0.4 is 0 Å². The van der Waals surface area contributed by atoms with Gasteiger partial charge in [0.1, 0.15) is 5.69 Å². The molecule has 0 atom stereocenters. The maximum absolute atomic E-state index is 12.3. The maximum atomic E-state index is 12.3. The molecule has 0 aliphatic rings. The highest BCUT2D eigenvalue weighted by Gasteiger charge is 2.15. The lowest BCUT2D eigenvalue weighted by molar-refractivity contribution is 0.0987. The minimum atomic E-state index is -0.0764. The molecule has 0 amide bonds. The minimum absolute atomic E-state index is 0.0764. The average Bonchev–Trinajstić information content (AvgIpc) is 2.33. The van der Waals surface area contributed by atoms with Crippen LogP contribution in [-0.2, 0) is 6.42 Å². The van der Waals surface area contributed by atoms with Crippen molar-refractivity contribution in [3.8, 4) is 0 Å². The van der Waals surface area contributed by atoms with Crippen LogP contribution in [0.2, 0.25) is 10.0 Å². The summed E-state index contributed by atoms with van der Waals surface area (Å²) in [6, 6.07) is 7.15. The van der Waals surface area contributed by atoms with Gasteiger partial charge in [0, 0.05) is 22.7 Å². The number of halogens is 2. The Morgan fingerprint density at radius 2 is 1.84 bits per heavy atom. The second-order valence-corrected chi connectivity index (χ2v) is 5.29. The Balaban J connectivity index is 2.31. The molecule has 0 N–H and O–H groups in total. The summed E-state index contributed by atoms with van der Waals surface area (Å²) in [5.74, 6) is -0.0764. The molecular formula is C15H13Cl2NO. The Bertz CT molecular complexity index is 618. The number of pyridine rings is 1. The fourth-order valence-corrected chi connectivity index (χ4v) is 2.48. The molecule has 0 saturated heterocycles. The molecule has 2 nitrogen and oxygen atoms in total. The van der Waals surface area contributed by atoms with Crippen LogP contribution in [0.25, 0.3) is 0 Å². The summed E-state index contributed by atoms with van der Waals surface area (Å²) in [4.78, 5) is 16.5. The first-order valence-corrected chi connectivity index (χ1v) is 6.64. The quantitative estimate of drug-likeness (QED) is 0.784. The maximum Gasteiger partial charge on any atom is 0.185 e. The number of ketones is 1. The average molecular weight is 294 g/mol. The number of benzene rings is 1. The van der Waals surface area contributed by atoms with Crippen molar-refractivity contribution in [2.24, 2.45) is 0 Å². The van der Waals surface area contributed by atoms with Gasteiger partial charge in [0.25, 0.3) is 0 Å². The number of aromatic nitrogens is 1. The summed E-state index contributed by atoms with van der Waals surface area (Å²) in [5, 5.41) is 1.01. The molecule has 0 unspecified atom stereocenters. The summed E-state index contributed by atoms with van der Waals surface area (Å²) in [5.41, 5.74) is 3.03. The SMILES string of the molecule is Cc1cnc(C(=O)Cc2c(Cl)cccc2Cl)c(C)c1. The van der Waals surface area contributed by atoms with Crippen LogP contribution in [0.3, 0.4) is 0 Å². The Morgan fingerprint density at radius 3 is 2.42 bits per heavy atom. The van der Waals surface area contributed by atoms with Crippen LogP contribution in [-0.4, -0.2) is 10.8 Å². The molecule has 1 heterocycles. The smallest absolute Gasteiger partial charge is 0.185 e. The third kappa shape index (κ3) is 3.14. The van der Waals surface area contributed by atoms with Crippen molar-refractivity contribution in [1.82, 2.24) is 4.98 Å². The molecule has 2 aromatic rings. The Labute approximate surface area is 122 Å². The number of nitrogens with zero attached hydrogens (tertiary/aromatic N) is 1. The van der Waals surface area contributed by atoms with E-state index in [2.05, 4.69) is 4.98 Å².